The van der Waals surface area contributed by atoms with Crippen LogP contribution in [-0.4, -0.2) is 39.0 Å². The van der Waals surface area contributed by atoms with Crippen LogP contribution in [0.4, 0.5) is 0 Å². The Balaban J connectivity index is 1.67. The fourth-order valence-electron chi connectivity index (χ4n) is 4.23. The van der Waals surface area contributed by atoms with E-state index in [1.54, 1.807) is 0 Å². The smallest absolute Gasteiger partial charge is 0.222 e. The number of aliphatic hydroxyl groups is 1. The van der Waals surface area contributed by atoms with Crippen LogP contribution in [-0.2, 0) is 13.6 Å². The van der Waals surface area contributed by atoms with Crippen molar-refractivity contribution in [3.05, 3.63) is 78.4 Å². The molecule has 0 bridgehead atoms. The molecule has 1 atom stereocenters. The van der Waals surface area contributed by atoms with Crippen molar-refractivity contribution >= 4 is 0 Å². The summed E-state index contributed by atoms with van der Waals surface area (Å²) in [6, 6.07) is 18.4. The summed E-state index contributed by atoms with van der Waals surface area (Å²) < 4.78 is 8.25. The van der Waals surface area contributed by atoms with Gasteiger partial charge >= 0.3 is 0 Å². The first kappa shape index (κ1) is 23.3. The first-order valence-corrected chi connectivity index (χ1v) is 11.9. The molecular formula is C28H35N3O2. The minimum Gasteiger partial charge on any atom is -0.439 e. The fraction of sp³-hybridized carbons (Fsp3) is 0.393. The van der Waals surface area contributed by atoms with Gasteiger partial charge in [-0.3, -0.25) is 4.90 Å². The standard InChI is InChI=1S/C28H35N3O2/c1-4-5-13-24(32)19-31(18-22-15-16-22)20-26-27(23-11-7-6-8-12-23)29-30(3)28(26)33-25-14-9-10-21(2)17-25/h4,6-12,14,17,22,24,32H,1,5,13,15-16,18-20H2,2-3H3/t24-/m0/s1. The number of aryl methyl sites for hydroxylation is 2. The number of ether oxygens (including phenoxy) is 1. The molecule has 1 heterocycles. The van der Waals surface area contributed by atoms with E-state index in [0.29, 0.717) is 13.1 Å². The summed E-state index contributed by atoms with van der Waals surface area (Å²) >= 11 is 0. The quantitative estimate of drug-likeness (QED) is 0.362. The van der Waals surface area contributed by atoms with Crippen molar-refractivity contribution in [1.29, 1.82) is 0 Å². The highest BCUT2D eigenvalue weighted by Gasteiger charge is 2.28. The number of nitrogens with zero attached hydrogens (tertiary/aromatic N) is 3. The summed E-state index contributed by atoms with van der Waals surface area (Å²) in [6.07, 6.45) is 5.59. The second kappa shape index (κ2) is 10.8. The van der Waals surface area contributed by atoms with Gasteiger partial charge in [0.05, 0.1) is 11.7 Å². The van der Waals surface area contributed by atoms with E-state index in [4.69, 9.17) is 9.84 Å². The molecule has 1 fully saturated rings. The van der Waals surface area contributed by atoms with Crippen LogP contribution >= 0.6 is 0 Å². The molecule has 1 N–H and O–H groups in total. The Bertz CT molecular complexity index is 1060. The van der Waals surface area contributed by atoms with Gasteiger partial charge in [0.25, 0.3) is 0 Å². The zero-order valence-electron chi connectivity index (χ0n) is 19.8. The number of aromatic nitrogens is 2. The molecule has 1 aromatic heterocycles. The molecule has 5 heteroatoms. The lowest BCUT2D eigenvalue weighted by Crippen LogP contribution is -2.33. The van der Waals surface area contributed by atoms with Crippen molar-refractivity contribution in [2.75, 3.05) is 13.1 Å². The molecule has 0 aliphatic heterocycles. The second-order valence-corrected chi connectivity index (χ2v) is 9.20. The van der Waals surface area contributed by atoms with Crippen LogP contribution in [0.15, 0.2) is 67.3 Å². The van der Waals surface area contributed by atoms with Crippen molar-refractivity contribution in [3.8, 4) is 22.9 Å². The van der Waals surface area contributed by atoms with E-state index in [0.717, 1.165) is 59.3 Å². The predicted molar refractivity (Wildman–Crippen MR) is 133 cm³/mol. The van der Waals surface area contributed by atoms with E-state index in [1.165, 1.54) is 12.8 Å². The lowest BCUT2D eigenvalue weighted by molar-refractivity contribution is 0.0992. The maximum Gasteiger partial charge on any atom is 0.222 e. The highest BCUT2D eigenvalue weighted by Crippen LogP contribution is 2.36. The molecule has 0 saturated heterocycles. The van der Waals surface area contributed by atoms with Gasteiger partial charge in [-0.2, -0.15) is 5.10 Å². The maximum absolute atomic E-state index is 10.6. The molecular weight excluding hydrogens is 410 g/mol. The van der Waals surface area contributed by atoms with Gasteiger partial charge < -0.3 is 9.84 Å². The molecule has 1 aliphatic rings. The van der Waals surface area contributed by atoms with Gasteiger partial charge in [-0.1, -0.05) is 48.5 Å². The third-order valence-electron chi connectivity index (χ3n) is 6.11. The van der Waals surface area contributed by atoms with Crippen molar-refractivity contribution in [2.24, 2.45) is 13.0 Å². The number of hydrogen-bond acceptors (Lipinski definition) is 4. The Kier molecular flexibility index (Phi) is 7.63. The average Bonchev–Trinajstić information content (AvgIpc) is 3.57. The minimum atomic E-state index is -0.375. The molecule has 0 unspecified atom stereocenters. The summed E-state index contributed by atoms with van der Waals surface area (Å²) in [5, 5.41) is 15.5. The van der Waals surface area contributed by atoms with Gasteiger partial charge in [0.1, 0.15) is 11.4 Å². The summed E-state index contributed by atoms with van der Waals surface area (Å²) in [7, 11) is 1.94. The first-order valence-electron chi connectivity index (χ1n) is 11.9. The number of benzene rings is 2. The zero-order valence-corrected chi connectivity index (χ0v) is 19.8. The third-order valence-corrected chi connectivity index (χ3v) is 6.11. The highest BCUT2D eigenvalue weighted by molar-refractivity contribution is 5.65. The molecule has 4 rings (SSSR count). The normalized spacial score (nSPS) is 14.4. The van der Waals surface area contributed by atoms with Crippen LogP contribution in [0.3, 0.4) is 0 Å². The van der Waals surface area contributed by atoms with E-state index < -0.39 is 0 Å². The molecule has 5 nitrogen and oxygen atoms in total. The number of allylic oxidation sites excluding steroid dienone is 1. The van der Waals surface area contributed by atoms with E-state index >= 15 is 0 Å². The topological polar surface area (TPSA) is 50.5 Å². The van der Waals surface area contributed by atoms with Gasteiger partial charge in [-0.15, -0.1) is 6.58 Å². The van der Waals surface area contributed by atoms with Crippen LogP contribution in [0.1, 0.15) is 36.8 Å². The Morgan fingerprint density at radius 3 is 2.70 bits per heavy atom. The van der Waals surface area contributed by atoms with Crippen molar-refractivity contribution in [2.45, 2.75) is 45.3 Å². The molecule has 0 radical (unpaired) electrons. The van der Waals surface area contributed by atoms with Crippen LogP contribution in [0.2, 0.25) is 0 Å². The molecule has 1 saturated carbocycles. The van der Waals surface area contributed by atoms with Gasteiger partial charge in [-0.25, -0.2) is 4.68 Å². The van der Waals surface area contributed by atoms with Crippen molar-refractivity contribution < 1.29 is 9.84 Å². The number of rotatable bonds is 12. The SMILES string of the molecule is C=CCC[C@H](O)CN(Cc1c(-c2ccccc2)nn(C)c1Oc1cccc(C)c1)CC1CC1. The lowest BCUT2D eigenvalue weighted by Gasteiger charge is -2.25. The van der Waals surface area contributed by atoms with Crippen molar-refractivity contribution in [1.82, 2.24) is 14.7 Å². The van der Waals surface area contributed by atoms with E-state index in [2.05, 4.69) is 36.6 Å². The highest BCUT2D eigenvalue weighted by atomic mass is 16.5. The Labute approximate surface area is 197 Å². The summed E-state index contributed by atoms with van der Waals surface area (Å²) in [4.78, 5) is 2.37. The fourth-order valence-corrected chi connectivity index (χ4v) is 4.23. The van der Waals surface area contributed by atoms with Crippen LogP contribution in [0, 0.1) is 12.8 Å². The monoisotopic (exact) mass is 445 g/mol. The van der Waals surface area contributed by atoms with E-state index in [9.17, 15) is 5.11 Å². The minimum absolute atomic E-state index is 0.375. The second-order valence-electron chi connectivity index (χ2n) is 9.20. The zero-order chi connectivity index (χ0) is 23.2. The molecule has 2 aromatic carbocycles. The van der Waals surface area contributed by atoms with Gasteiger partial charge in [0, 0.05) is 32.2 Å². The molecule has 1 aliphatic carbocycles. The van der Waals surface area contributed by atoms with Gasteiger partial charge in [0.15, 0.2) is 0 Å². The Hall–Kier alpha value is -2.89. The van der Waals surface area contributed by atoms with Crippen LogP contribution in [0.5, 0.6) is 11.6 Å². The van der Waals surface area contributed by atoms with E-state index in [-0.39, 0.29) is 6.10 Å². The summed E-state index contributed by atoms with van der Waals surface area (Å²) in [5.41, 5.74) is 4.21. The lowest BCUT2D eigenvalue weighted by atomic mass is 10.1. The predicted octanol–water partition coefficient (Wildman–Crippen LogP) is 5.73. The van der Waals surface area contributed by atoms with Gasteiger partial charge in [-0.05, 0) is 56.2 Å². The number of aliphatic hydroxyl groups excluding tert-OH is 1. The van der Waals surface area contributed by atoms with E-state index in [1.807, 2.05) is 54.2 Å². The maximum atomic E-state index is 10.6. The molecule has 0 spiro atoms. The molecule has 0 amide bonds. The summed E-state index contributed by atoms with van der Waals surface area (Å²) in [5.74, 6) is 2.27. The van der Waals surface area contributed by atoms with Gasteiger partial charge in [0.2, 0.25) is 5.88 Å². The van der Waals surface area contributed by atoms with Crippen LogP contribution < -0.4 is 4.74 Å². The Morgan fingerprint density at radius 2 is 2.00 bits per heavy atom. The average molecular weight is 446 g/mol. The first-order chi connectivity index (χ1) is 16.0. The third kappa shape index (κ3) is 6.34. The summed E-state index contributed by atoms with van der Waals surface area (Å²) in [6.45, 7) is 8.16. The number of hydrogen-bond donors (Lipinski definition) is 1. The molecule has 33 heavy (non-hydrogen) atoms. The molecule has 3 aromatic rings. The van der Waals surface area contributed by atoms with Crippen LogP contribution in [0.25, 0.3) is 11.3 Å². The molecule has 174 valence electrons. The van der Waals surface area contributed by atoms with Crippen molar-refractivity contribution in [3.63, 3.8) is 0 Å². The Morgan fingerprint density at radius 1 is 1.21 bits per heavy atom. The largest absolute Gasteiger partial charge is 0.439 e.